The lowest BCUT2D eigenvalue weighted by Gasteiger charge is -2.26. The summed E-state index contributed by atoms with van der Waals surface area (Å²) < 4.78 is 1.31. The van der Waals surface area contributed by atoms with Gasteiger partial charge in [0.25, 0.3) is 0 Å². The van der Waals surface area contributed by atoms with Crippen LogP contribution in [0, 0.1) is 5.92 Å². The summed E-state index contributed by atoms with van der Waals surface area (Å²) in [6.07, 6.45) is 6.53. The molecule has 1 aliphatic carbocycles. The molecule has 3 heteroatoms. The lowest BCUT2D eigenvalue weighted by Crippen LogP contribution is -2.34. The second kappa shape index (κ2) is 6.02. The Balaban J connectivity index is 1.49. The number of rotatable bonds is 4. The molecule has 2 nitrogen and oxygen atoms in total. The molecule has 19 heavy (non-hydrogen) atoms. The summed E-state index contributed by atoms with van der Waals surface area (Å²) in [6.45, 7) is 3.44. The fourth-order valence-electron chi connectivity index (χ4n) is 2.87. The summed E-state index contributed by atoms with van der Waals surface area (Å²) in [7, 11) is 0. The Bertz CT molecular complexity index is 493. The van der Waals surface area contributed by atoms with Crippen LogP contribution < -0.4 is 5.32 Å². The van der Waals surface area contributed by atoms with Crippen LogP contribution in [0.1, 0.15) is 37.6 Å². The molecule has 0 spiro atoms. The second-order valence-corrected chi connectivity index (χ2v) is 6.85. The lowest BCUT2D eigenvalue weighted by molar-refractivity contribution is 0.309. The van der Waals surface area contributed by atoms with Crippen molar-refractivity contribution in [2.45, 2.75) is 45.1 Å². The fourth-order valence-corrected chi connectivity index (χ4v) is 3.84. The molecule has 0 amide bonds. The molecule has 1 N–H and O–H groups in total. The van der Waals surface area contributed by atoms with Crippen molar-refractivity contribution in [3.8, 4) is 0 Å². The number of nitrogens with zero attached hydrogens (tertiary/aromatic N) is 1. The highest BCUT2D eigenvalue weighted by Gasteiger charge is 2.17. The number of thiazole rings is 1. The van der Waals surface area contributed by atoms with Crippen molar-refractivity contribution in [1.29, 1.82) is 0 Å². The largest absolute Gasteiger partial charge is 0.314 e. The molecule has 0 saturated heterocycles. The van der Waals surface area contributed by atoms with E-state index in [-0.39, 0.29) is 0 Å². The third kappa shape index (κ3) is 3.34. The molecule has 1 aromatic carbocycles. The number of hydrogen-bond acceptors (Lipinski definition) is 3. The maximum atomic E-state index is 4.69. The van der Waals surface area contributed by atoms with Crippen molar-refractivity contribution in [2.24, 2.45) is 5.92 Å². The molecule has 0 atom stereocenters. The van der Waals surface area contributed by atoms with Gasteiger partial charge in [-0.1, -0.05) is 19.1 Å². The molecular formula is C16H22N2S. The third-order valence-electron chi connectivity index (χ3n) is 4.13. The van der Waals surface area contributed by atoms with Crippen LogP contribution in [0.3, 0.4) is 0 Å². The minimum absolute atomic E-state index is 0.741. The maximum absolute atomic E-state index is 4.69. The maximum Gasteiger partial charge on any atom is 0.0951 e. The normalized spacial score (nSPS) is 23.8. The van der Waals surface area contributed by atoms with Crippen LogP contribution >= 0.6 is 11.3 Å². The zero-order valence-electron chi connectivity index (χ0n) is 11.6. The Kier molecular flexibility index (Phi) is 4.14. The van der Waals surface area contributed by atoms with E-state index in [1.165, 1.54) is 35.4 Å². The topological polar surface area (TPSA) is 24.9 Å². The van der Waals surface area contributed by atoms with E-state index in [4.69, 9.17) is 0 Å². The molecule has 0 radical (unpaired) electrons. The number of aromatic nitrogens is 1. The first-order chi connectivity index (χ1) is 9.31. The smallest absolute Gasteiger partial charge is 0.0951 e. The van der Waals surface area contributed by atoms with Gasteiger partial charge < -0.3 is 5.32 Å². The zero-order chi connectivity index (χ0) is 13.1. The van der Waals surface area contributed by atoms with Gasteiger partial charge >= 0.3 is 0 Å². The summed E-state index contributed by atoms with van der Waals surface area (Å²) in [5.74, 6) is 0.933. The molecule has 1 saturated carbocycles. The van der Waals surface area contributed by atoms with Crippen LogP contribution in [0.4, 0.5) is 0 Å². The first-order valence-electron chi connectivity index (χ1n) is 7.39. The van der Waals surface area contributed by atoms with Gasteiger partial charge in [-0.3, -0.25) is 0 Å². The summed E-state index contributed by atoms with van der Waals surface area (Å²) in [6, 6.07) is 9.15. The highest BCUT2D eigenvalue weighted by atomic mass is 32.1. The standard InChI is InChI=1S/C16H22N2S/c1-12-6-8-13(9-7-12)17-11-10-16-18-14-4-2-3-5-15(14)19-16/h2-5,12-13,17H,6-11H2,1H3. The van der Waals surface area contributed by atoms with Gasteiger partial charge in [0, 0.05) is 19.0 Å². The van der Waals surface area contributed by atoms with E-state index in [1.54, 1.807) is 0 Å². The van der Waals surface area contributed by atoms with Crippen LogP contribution in [0.5, 0.6) is 0 Å². The van der Waals surface area contributed by atoms with Gasteiger partial charge in [-0.15, -0.1) is 11.3 Å². The summed E-state index contributed by atoms with van der Waals surface area (Å²) in [5, 5.41) is 4.96. The molecule has 102 valence electrons. The van der Waals surface area contributed by atoms with Gasteiger partial charge in [-0.2, -0.15) is 0 Å². The van der Waals surface area contributed by atoms with Crippen LogP contribution in [0.15, 0.2) is 24.3 Å². The Morgan fingerprint density at radius 2 is 2.00 bits per heavy atom. The monoisotopic (exact) mass is 274 g/mol. The van der Waals surface area contributed by atoms with E-state index < -0.39 is 0 Å². The predicted molar refractivity (Wildman–Crippen MR) is 82.7 cm³/mol. The molecule has 1 heterocycles. The van der Waals surface area contributed by atoms with Crippen molar-refractivity contribution in [2.75, 3.05) is 6.54 Å². The van der Waals surface area contributed by atoms with Gasteiger partial charge in [0.05, 0.1) is 15.2 Å². The van der Waals surface area contributed by atoms with E-state index in [1.807, 2.05) is 11.3 Å². The average Bonchev–Trinajstić information content (AvgIpc) is 2.83. The predicted octanol–water partition coefficient (Wildman–Crippen LogP) is 4.01. The summed E-state index contributed by atoms with van der Waals surface area (Å²) in [4.78, 5) is 4.69. The molecule has 1 aliphatic rings. The van der Waals surface area contributed by atoms with Crippen LogP contribution in [0.25, 0.3) is 10.2 Å². The van der Waals surface area contributed by atoms with E-state index in [0.29, 0.717) is 0 Å². The van der Waals surface area contributed by atoms with Crippen molar-refractivity contribution in [3.63, 3.8) is 0 Å². The molecule has 0 unspecified atom stereocenters. The Morgan fingerprint density at radius 1 is 1.21 bits per heavy atom. The molecule has 0 bridgehead atoms. The molecule has 0 aliphatic heterocycles. The quantitative estimate of drug-likeness (QED) is 0.911. The van der Waals surface area contributed by atoms with E-state index >= 15 is 0 Å². The van der Waals surface area contributed by atoms with Crippen LogP contribution in [-0.4, -0.2) is 17.6 Å². The van der Waals surface area contributed by atoms with E-state index in [2.05, 4.69) is 41.5 Å². The Hall–Kier alpha value is -0.930. The van der Waals surface area contributed by atoms with Gasteiger partial charge in [-0.05, 0) is 43.7 Å². The van der Waals surface area contributed by atoms with E-state index in [9.17, 15) is 0 Å². The number of nitrogens with one attached hydrogen (secondary N) is 1. The minimum Gasteiger partial charge on any atom is -0.314 e. The highest BCUT2D eigenvalue weighted by Crippen LogP contribution is 2.24. The molecular weight excluding hydrogens is 252 g/mol. The number of para-hydroxylation sites is 1. The zero-order valence-corrected chi connectivity index (χ0v) is 12.4. The number of fused-ring (bicyclic) bond motifs is 1. The van der Waals surface area contributed by atoms with Crippen molar-refractivity contribution in [3.05, 3.63) is 29.3 Å². The SMILES string of the molecule is CC1CCC(NCCc2nc3ccccc3s2)CC1. The Morgan fingerprint density at radius 3 is 2.79 bits per heavy atom. The summed E-state index contributed by atoms with van der Waals surface area (Å²) in [5.41, 5.74) is 1.15. The average molecular weight is 274 g/mol. The number of benzene rings is 1. The Labute approximate surface area is 119 Å². The molecule has 2 aromatic rings. The van der Waals surface area contributed by atoms with E-state index in [0.717, 1.165) is 30.4 Å². The first kappa shape index (κ1) is 13.1. The van der Waals surface area contributed by atoms with Gasteiger partial charge in [0.1, 0.15) is 0 Å². The van der Waals surface area contributed by atoms with Crippen molar-refractivity contribution < 1.29 is 0 Å². The fraction of sp³-hybridized carbons (Fsp3) is 0.562. The van der Waals surface area contributed by atoms with Crippen molar-refractivity contribution >= 4 is 21.6 Å². The highest BCUT2D eigenvalue weighted by molar-refractivity contribution is 7.18. The van der Waals surface area contributed by atoms with Crippen LogP contribution in [-0.2, 0) is 6.42 Å². The first-order valence-corrected chi connectivity index (χ1v) is 8.21. The van der Waals surface area contributed by atoms with Gasteiger partial charge in [0.15, 0.2) is 0 Å². The number of hydrogen-bond donors (Lipinski definition) is 1. The molecule has 1 aromatic heterocycles. The molecule has 3 rings (SSSR count). The van der Waals surface area contributed by atoms with Crippen molar-refractivity contribution in [1.82, 2.24) is 10.3 Å². The van der Waals surface area contributed by atoms with Gasteiger partial charge in [0.2, 0.25) is 0 Å². The van der Waals surface area contributed by atoms with Crippen LogP contribution in [0.2, 0.25) is 0 Å². The minimum atomic E-state index is 0.741. The second-order valence-electron chi connectivity index (χ2n) is 5.74. The lowest BCUT2D eigenvalue weighted by atomic mass is 9.87. The summed E-state index contributed by atoms with van der Waals surface area (Å²) >= 11 is 1.83. The van der Waals surface area contributed by atoms with Gasteiger partial charge in [-0.25, -0.2) is 4.98 Å². The molecule has 1 fully saturated rings. The third-order valence-corrected chi connectivity index (χ3v) is 5.22.